The van der Waals surface area contributed by atoms with E-state index in [9.17, 15) is 0 Å². The van der Waals surface area contributed by atoms with Gasteiger partial charge in [0.15, 0.2) is 0 Å². The van der Waals surface area contributed by atoms with Gasteiger partial charge in [-0.2, -0.15) is 0 Å². The van der Waals surface area contributed by atoms with Crippen LogP contribution in [0.5, 0.6) is 0 Å². The van der Waals surface area contributed by atoms with E-state index in [0.29, 0.717) is 0 Å². The van der Waals surface area contributed by atoms with Gasteiger partial charge < -0.3 is 0 Å². The van der Waals surface area contributed by atoms with Crippen molar-refractivity contribution < 1.29 is 0 Å². The normalized spacial score (nSPS) is 12.7. The molecule has 0 bridgehead atoms. The predicted octanol–water partition coefficient (Wildman–Crippen LogP) is 14.7. The predicted molar refractivity (Wildman–Crippen MR) is 186 cm³/mol. The fourth-order valence-electron chi connectivity index (χ4n) is 5.76. The lowest BCUT2D eigenvalue weighted by Crippen LogP contribution is -2.08. The van der Waals surface area contributed by atoms with Crippen LogP contribution in [0.25, 0.3) is 0 Å². The van der Waals surface area contributed by atoms with Crippen molar-refractivity contribution >= 4 is 0 Å². The maximum atomic E-state index is 2.48. The number of unbranched alkanes of at least 4 members (excludes halogenated alkanes) is 20. The highest BCUT2D eigenvalue weighted by Crippen LogP contribution is 2.23. The minimum absolute atomic E-state index is 0.808. The average Bonchev–Trinajstić information content (AvgIpc) is 2.95. The highest BCUT2D eigenvalue weighted by Gasteiger charge is 2.11. The van der Waals surface area contributed by atoms with E-state index in [1.807, 2.05) is 0 Å². The molecule has 0 spiro atoms. The second kappa shape index (κ2) is 34.2. The average molecular weight is 555 g/mol. The molecular weight excluding hydrogens is 480 g/mol. The van der Waals surface area contributed by atoms with Crippen LogP contribution in [-0.4, -0.2) is 0 Å². The second-order valence-electron chi connectivity index (χ2n) is 12.8. The van der Waals surface area contributed by atoms with Crippen molar-refractivity contribution in [2.24, 2.45) is 11.8 Å². The van der Waals surface area contributed by atoms with Gasteiger partial charge in [0.25, 0.3) is 0 Å². The van der Waals surface area contributed by atoms with Crippen LogP contribution in [0.4, 0.5) is 0 Å². The molecular formula is C40H74. The van der Waals surface area contributed by atoms with Gasteiger partial charge in [0.2, 0.25) is 0 Å². The largest absolute Gasteiger partial charge is 0.0917 e. The Hall–Kier alpha value is -1.04. The number of allylic oxidation sites excluding steroid dienone is 8. The molecule has 0 saturated carbocycles. The van der Waals surface area contributed by atoms with E-state index in [0.717, 1.165) is 11.8 Å². The molecule has 0 aliphatic carbocycles. The third-order valence-corrected chi connectivity index (χ3v) is 8.64. The van der Waals surface area contributed by atoms with E-state index in [1.54, 1.807) is 0 Å². The molecule has 0 fully saturated rings. The third kappa shape index (κ3) is 31.5. The first-order chi connectivity index (χ1) is 19.7. The molecule has 0 aliphatic heterocycles. The molecule has 0 heteroatoms. The van der Waals surface area contributed by atoms with Crippen molar-refractivity contribution in [1.82, 2.24) is 0 Å². The molecule has 234 valence electrons. The van der Waals surface area contributed by atoms with Crippen LogP contribution in [-0.2, 0) is 0 Å². The van der Waals surface area contributed by atoms with Crippen molar-refractivity contribution in [1.29, 1.82) is 0 Å². The van der Waals surface area contributed by atoms with Gasteiger partial charge in [0, 0.05) is 0 Å². The van der Waals surface area contributed by atoms with Crippen LogP contribution in [0.15, 0.2) is 48.6 Å². The molecule has 0 atom stereocenters. The molecule has 0 aromatic rings. The van der Waals surface area contributed by atoms with Crippen LogP contribution in [0.1, 0.15) is 195 Å². The van der Waals surface area contributed by atoms with Crippen LogP contribution in [0.3, 0.4) is 0 Å². The minimum Gasteiger partial charge on any atom is -0.0917 e. The summed E-state index contributed by atoms with van der Waals surface area (Å²) in [6, 6.07) is 0. The summed E-state index contributed by atoms with van der Waals surface area (Å²) < 4.78 is 0. The molecule has 40 heavy (non-hydrogen) atoms. The smallest absolute Gasteiger partial charge is 0.0348 e. The Kier molecular flexibility index (Phi) is 33.3. The summed E-state index contributed by atoms with van der Waals surface area (Å²) >= 11 is 0. The van der Waals surface area contributed by atoms with E-state index in [4.69, 9.17) is 0 Å². The summed E-state index contributed by atoms with van der Waals surface area (Å²) in [7, 11) is 0. The summed E-state index contributed by atoms with van der Waals surface area (Å²) in [4.78, 5) is 0. The van der Waals surface area contributed by atoms with Gasteiger partial charge in [-0.25, -0.2) is 0 Å². The van der Waals surface area contributed by atoms with Gasteiger partial charge in [-0.3, -0.25) is 0 Å². The quantitative estimate of drug-likeness (QED) is 0.0590. The zero-order valence-electron chi connectivity index (χ0n) is 28.2. The monoisotopic (exact) mass is 555 g/mol. The molecule has 0 rings (SSSR count). The molecule has 0 aliphatic rings. The van der Waals surface area contributed by atoms with Crippen molar-refractivity contribution in [2.45, 2.75) is 195 Å². The first-order valence-corrected chi connectivity index (χ1v) is 18.2. The molecule has 0 unspecified atom stereocenters. The standard InChI is InChI=1S/C40H74/c1-5-7-9-11-13-15-17-19-21-23-25-27-29-31-33-35-37-40(39(3)4)38-36-34-32-30-28-26-24-22-20-18-16-14-12-10-8-6-2/h5-8,31-34,39-40H,9-30,35-38H2,1-4H3/b7-5+,8-6+,33-31+,34-32+. The van der Waals surface area contributed by atoms with Gasteiger partial charge in [-0.1, -0.05) is 152 Å². The molecule has 0 heterocycles. The lowest BCUT2D eigenvalue weighted by molar-refractivity contribution is 0.341. The zero-order valence-corrected chi connectivity index (χ0v) is 28.2. The lowest BCUT2D eigenvalue weighted by atomic mass is 9.87. The van der Waals surface area contributed by atoms with Gasteiger partial charge >= 0.3 is 0 Å². The Labute approximate surface area is 254 Å². The highest BCUT2D eigenvalue weighted by atomic mass is 14.2. The van der Waals surface area contributed by atoms with E-state index in [2.05, 4.69) is 76.3 Å². The van der Waals surface area contributed by atoms with Gasteiger partial charge in [0.1, 0.15) is 0 Å². The van der Waals surface area contributed by atoms with E-state index < -0.39 is 0 Å². The molecule has 0 amide bonds. The number of rotatable bonds is 31. The maximum absolute atomic E-state index is 2.48. The van der Waals surface area contributed by atoms with Crippen molar-refractivity contribution in [3.8, 4) is 0 Å². The van der Waals surface area contributed by atoms with Crippen LogP contribution in [0.2, 0.25) is 0 Å². The van der Waals surface area contributed by atoms with Crippen molar-refractivity contribution in [2.75, 3.05) is 0 Å². The molecule has 0 radical (unpaired) electrons. The van der Waals surface area contributed by atoms with Crippen LogP contribution in [0, 0.1) is 11.8 Å². The third-order valence-electron chi connectivity index (χ3n) is 8.64. The van der Waals surface area contributed by atoms with Crippen molar-refractivity contribution in [3.05, 3.63) is 48.6 Å². The van der Waals surface area contributed by atoms with Gasteiger partial charge in [0.05, 0.1) is 0 Å². The summed E-state index contributed by atoms with van der Waals surface area (Å²) in [6.07, 6.45) is 54.9. The number of hydrogen-bond donors (Lipinski definition) is 0. The van der Waals surface area contributed by atoms with Gasteiger partial charge in [-0.15, -0.1) is 0 Å². The zero-order chi connectivity index (χ0) is 29.2. The van der Waals surface area contributed by atoms with Gasteiger partial charge in [-0.05, 0) is 103 Å². The SMILES string of the molecule is C/C=C/CCCCCCCCCCC/C=C/CCC(CC/C=C/CCCCCCCCCCC/C=C/C)C(C)C. The molecule has 0 saturated heterocycles. The van der Waals surface area contributed by atoms with E-state index in [1.165, 1.54) is 167 Å². The Morgan fingerprint density at radius 1 is 0.325 bits per heavy atom. The first kappa shape index (κ1) is 39.0. The first-order valence-electron chi connectivity index (χ1n) is 18.2. The summed E-state index contributed by atoms with van der Waals surface area (Å²) in [5.41, 5.74) is 0. The Balaban J connectivity index is 3.53. The minimum atomic E-state index is 0.808. The fraction of sp³-hybridized carbons (Fsp3) is 0.800. The molecule has 0 nitrogen and oxygen atoms in total. The van der Waals surface area contributed by atoms with Crippen LogP contribution >= 0.6 is 0 Å². The summed E-state index contributed by atoms with van der Waals surface area (Å²) in [6.45, 7) is 9.09. The van der Waals surface area contributed by atoms with E-state index in [-0.39, 0.29) is 0 Å². The summed E-state index contributed by atoms with van der Waals surface area (Å²) in [5, 5.41) is 0. The molecule has 0 aromatic heterocycles. The topological polar surface area (TPSA) is 0 Å². The van der Waals surface area contributed by atoms with Crippen LogP contribution < -0.4 is 0 Å². The van der Waals surface area contributed by atoms with Crippen molar-refractivity contribution in [3.63, 3.8) is 0 Å². The second-order valence-corrected chi connectivity index (χ2v) is 12.8. The Morgan fingerprint density at radius 2 is 0.575 bits per heavy atom. The maximum Gasteiger partial charge on any atom is -0.0348 e. The Morgan fingerprint density at radius 3 is 0.850 bits per heavy atom. The number of hydrogen-bond acceptors (Lipinski definition) is 0. The Bertz CT molecular complexity index is 527. The molecule has 0 aromatic carbocycles. The van der Waals surface area contributed by atoms with E-state index >= 15 is 0 Å². The fourth-order valence-corrected chi connectivity index (χ4v) is 5.76. The lowest BCUT2D eigenvalue weighted by Gasteiger charge is -2.19. The summed E-state index contributed by atoms with van der Waals surface area (Å²) in [5.74, 6) is 1.68. The molecule has 0 N–H and O–H groups in total. The highest BCUT2D eigenvalue weighted by molar-refractivity contribution is 4.85.